The predicted molar refractivity (Wildman–Crippen MR) is 74.7 cm³/mol. The lowest BCUT2D eigenvalue weighted by Crippen LogP contribution is -2.43. The van der Waals surface area contributed by atoms with Crippen molar-refractivity contribution >= 4 is 11.9 Å². The van der Waals surface area contributed by atoms with Gasteiger partial charge in [-0.15, -0.1) is 0 Å². The summed E-state index contributed by atoms with van der Waals surface area (Å²) in [5, 5.41) is 0. The highest BCUT2D eigenvalue weighted by atomic mass is 16.5. The Morgan fingerprint density at radius 1 is 1.26 bits per heavy atom. The summed E-state index contributed by atoms with van der Waals surface area (Å²) in [7, 11) is 0. The van der Waals surface area contributed by atoms with Gasteiger partial charge in [0.1, 0.15) is 6.61 Å². The van der Waals surface area contributed by atoms with E-state index in [1.807, 2.05) is 11.8 Å². The van der Waals surface area contributed by atoms with Crippen LogP contribution in [-0.2, 0) is 14.3 Å². The molecule has 1 saturated carbocycles. The Balaban J connectivity index is 2.47. The third-order valence-corrected chi connectivity index (χ3v) is 3.55. The van der Waals surface area contributed by atoms with Crippen molar-refractivity contribution in [1.29, 1.82) is 0 Å². The minimum absolute atomic E-state index is 0.151. The molecule has 1 amide bonds. The fourth-order valence-corrected chi connectivity index (χ4v) is 2.47. The first-order valence-electron chi connectivity index (χ1n) is 7.18. The monoisotopic (exact) mass is 267 g/mol. The number of ether oxygens (including phenoxy) is 1. The van der Waals surface area contributed by atoms with Crippen LogP contribution in [0.25, 0.3) is 0 Å². The van der Waals surface area contributed by atoms with E-state index in [1.54, 1.807) is 6.92 Å². The van der Waals surface area contributed by atoms with Gasteiger partial charge in [0.05, 0.1) is 6.54 Å². The Labute approximate surface area is 115 Å². The first kappa shape index (κ1) is 15.7. The molecule has 4 heteroatoms. The van der Waals surface area contributed by atoms with E-state index in [1.165, 1.54) is 19.3 Å². The zero-order valence-electron chi connectivity index (χ0n) is 12.1. The molecule has 4 nitrogen and oxygen atoms in total. The fourth-order valence-electron chi connectivity index (χ4n) is 2.47. The first-order valence-corrected chi connectivity index (χ1v) is 7.18. The molecule has 0 aromatic carbocycles. The molecule has 0 aliphatic heterocycles. The number of nitrogens with zero attached hydrogens (tertiary/aromatic N) is 1. The van der Waals surface area contributed by atoms with Crippen LogP contribution in [0.2, 0.25) is 0 Å². The molecule has 0 bridgehead atoms. The van der Waals surface area contributed by atoms with Crippen molar-refractivity contribution in [2.75, 3.05) is 13.2 Å². The smallest absolute Gasteiger partial charge is 0.333 e. The van der Waals surface area contributed by atoms with Crippen LogP contribution < -0.4 is 0 Å². The summed E-state index contributed by atoms with van der Waals surface area (Å²) in [6.07, 6.45) is 6.27. The number of rotatable bonds is 6. The standard InChI is InChI=1S/C15H25NO3/c1-4-14(17)16(13-8-6-5-7-9-13)10-11-19-15(18)12(2)3/h13H,2,4-11H2,1,3H3. The van der Waals surface area contributed by atoms with E-state index in [9.17, 15) is 9.59 Å². The maximum Gasteiger partial charge on any atom is 0.333 e. The van der Waals surface area contributed by atoms with Crippen LogP contribution in [0.1, 0.15) is 52.4 Å². The number of hydrogen-bond donors (Lipinski definition) is 0. The second-order valence-corrected chi connectivity index (χ2v) is 5.15. The van der Waals surface area contributed by atoms with Crippen molar-refractivity contribution in [3.05, 3.63) is 12.2 Å². The summed E-state index contributed by atoms with van der Waals surface area (Å²) >= 11 is 0. The van der Waals surface area contributed by atoms with E-state index < -0.39 is 0 Å². The summed E-state index contributed by atoms with van der Waals surface area (Å²) in [5.41, 5.74) is 0.394. The lowest BCUT2D eigenvalue weighted by molar-refractivity contribution is -0.143. The quantitative estimate of drug-likeness (QED) is 0.549. The molecule has 19 heavy (non-hydrogen) atoms. The third kappa shape index (κ3) is 5.05. The topological polar surface area (TPSA) is 46.6 Å². The summed E-state index contributed by atoms with van der Waals surface area (Å²) in [4.78, 5) is 25.2. The number of esters is 1. The highest BCUT2D eigenvalue weighted by molar-refractivity contribution is 5.86. The Hall–Kier alpha value is -1.32. The molecule has 1 fully saturated rings. The van der Waals surface area contributed by atoms with Gasteiger partial charge in [0, 0.05) is 18.0 Å². The van der Waals surface area contributed by atoms with E-state index >= 15 is 0 Å². The molecule has 1 aliphatic carbocycles. The molecule has 108 valence electrons. The van der Waals surface area contributed by atoms with Crippen LogP contribution in [0, 0.1) is 0 Å². The Kier molecular flexibility index (Phi) is 6.60. The average molecular weight is 267 g/mol. The molecule has 0 heterocycles. The van der Waals surface area contributed by atoms with Crippen LogP contribution in [0.4, 0.5) is 0 Å². The van der Waals surface area contributed by atoms with E-state index in [4.69, 9.17) is 4.74 Å². The van der Waals surface area contributed by atoms with Gasteiger partial charge in [0.2, 0.25) is 5.91 Å². The van der Waals surface area contributed by atoms with E-state index in [0.29, 0.717) is 24.6 Å². The SMILES string of the molecule is C=C(C)C(=O)OCCN(C(=O)CC)C1CCCCC1. The number of hydrogen-bond acceptors (Lipinski definition) is 3. The summed E-state index contributed by atoms with van der Waals surface area (Å²) in [6, 6.07) is 0.324. The number of carbonyl (C=O) groups excluding carboxylic acids is 2. The van der Waals surface area contributed by atoms with Crippen molar-refractivity contribution in [2.24, 2.45) is 0 Å². The van der Waals surface area contributed by atoms with Crippen LogP contribution in [0.3, 0.4) is 0 Å². The fraction of sp³-hybridized carbons (Fsp3) is 0.733. The molecular weight excluding hydrogens is 242 g/mol. The van der Waals surface area contributed by atoms with Gasteiger partial charge in [-0.25, -0.2) is 4.79 Å². The average Bonchev–Trinajstić information content (AvgIpc) is 2.43. The lowest BCUT2D eigenvalue weighted by Gasteiger charge is -2.34. The van der Waals surface area contributed by atoms with Gasteiger partial charge >= 0.3 is 5.97 Å². The maximum absolute atomic E-state index is 12.0. The predicted octanol–water partition coefficient (Wildman–Crippen LogP) is 2.68. The van der Waals surface area contributed by atoms with Crippen LogP contribution in [0.5, 0.6) is 0 Å². The van der Waals surface area contributed by atoms with Crippen molar-refractivity contribution in [3.8, 4) is 0 Å². The van der Waals surface area contributed by atoms with E-state index in [2.05, 4.69) is 6.58 Å². The number of carbonyl (C=O) groups is 2. The van der Waals surface area contributed by atoms with Gasteiger partial charge < -0.3 is 9.64 Å². The van der Waals surface area contributed by atoms with Gasteiger partial charge in [0.15, 0.2) is 0 Å². The molecular formula is C15H25NO3. The zero-order chi connectivity index (χ0) is 14.3. The second-order valence-electron chi connectivity index (χ2n) is 5.15. The highest BCUT2D eigenvalue weighted by Crippen LogP contribution is 2.23. The van der Waals surface area contributed by atoms with Crippen molar-refractivity contribution in [1.82, 2.24) is 4.90 Å². The molecule has 1 aliphatic rings. The van der Waals surface area contributed by atoms with E-state index in [0.717, 1.165) is 12.8 Å². The molecule has 0 saturated heterocycles. The second kappa shape index (κ2) is 7.97. The normalized spacial score (nSPS) is 15.9. The molecule has 1 rings (SSSR count). The molecule has 0 aromatic heterocycles. The molecule has 0 spiro atoms. The molecule has 0 aromatic rings. The van der Waals surface area contributed by atoms with Crippen LogP contribution in [-0.4, -0.2) is 36.0 Å². The minimum atomic E-state index is -0.382. The van der Waals surface area contributed by atoms with Gasteiger partial charge in [-0.2, -0.15) is 0 Å². The van der Waals surface area contributed by atoms with Crippen molar-refractivity contribution in [3.63, 3.8) is 0 Å². The minimum Gasteiger partial charge on any atom is -0.460 e. The summed E-state index contributed by atoms with van der Waals surface area (Å²) in [5.74, 6) is -0.231. The highest BCUT2D eigenvalue weighted by Gasteiger charge is 2.24. The Bertz CT molecular complexity index is 332. The summed E-state index contributed by atoms with van der Waals surface area (Å²) < 4.78 is 5.09. The summed E-state index contributed by atoms with van der Waals surface area (Å²) in [6.45, 7) is 7.79. The molecule has 0 radical (unpaired) electrons. The molecule has 0 N–H and O–H groups in total. The van der Waals surface area contributed by atoms with Crippen LogP contribution in [0.15, 0.2) is 12.2 Å². The number of amides is 1. The van der Waals surface area contributed by atoms with Crippen molar-refractivity contribution in [2.45, 2.75) is 58.4 Å². The largest absolute Gasteiger partial charge is 0.460 e. The zero-order valence-corrected chi connectivity index (χ0v) is 12.1. The lowest BCUT2D eigenvalue weighted by atomic mass is 9.94. The van der Waals surface area contributed by atoms with Gasteiger partial charge in [-0.3, -0.25) is 4.79 Å². The van der Waals surface area contributed by atoms with Gasteiger partial charge in [-0.05, 0) is 19.8 Å². The van der Waals surface area contributed by atoms with Gasteiger partial charge in [0.25, 0.3) is 0 Å². The first-order chi connectivity index (χ1) is 9.06. The van der Waals surface area contributed by atoms with Crippen molar-refractivity contribution < 1.29 is 14.3 Å². The molecule has 0 unspecified atom stereocenters. The third-order valence-electron chi connectivity index (χ3n) is 3.55. The maximum atomic E-state index is 12.0. The molecule has 0 atom stereocenters. The Morgan fingerprint density at radius 2 is 1.89 bits per heavy atom. The Morgan fingerprint density at radius 3 is 2.42 bits per heavy atom. The van der Waals surface area contributed by atoms with Crippen LogP contribution >= 0.6 is 0 Å². The van der Waals surface area contributed by atoms with Gasteiger partial charge in [-0.1, -0.05) is 32.8 Å². The van der Waals surface area contributed by atoms with E-state index in [-0.39, 0.29) is 18.5 Å².